The van der Waals surface area contributed by atoms with Crippen molar-refractivity contribution in [1.29, 1.82) is 0 Å². The molecule has 0 radical (unpaired) electrons. The standard InChI is InChI=1S/C22H21NO4/c24-22(25)13-17-4-3-16-12-18(7-8-20(16)17)26-10-11-27-19-6-5-15-2-1-9-23-21(15)14-19/h1-2,5-9,12,14,17H,3-4,10-11,13H2,(H,24,25)/t17-/m0/s1. The highest BCUT2D eigenvalue weighted by Crippen LogP contribution is 2.37. The van der Waals surface area contributed by atoms with Crippen LogP contribution in [0, 0.1) is 0 Å². The molecule has 138 valence electrons. The first-order chi connectivity index (χ1) is 13.2. The lowest BCUT2D eigenvalue weighted by atomic mass is 9.98. The predicted octanol–water partition coefficient (Wildman–Crippen LogP) is 4.20. The van der Waals surface area contributed by atoms with Crippen LogP contribution in [0.3, 0.4) is 0 Å². The highest BCUT2D eigenvalue weighted by atomic mass is 16.5. The molecule has 1 heterocycles. The van der Waals surface area contributed by atoms with Crippen molar-refractivity contribution in [3.8, 4) is 11.5 Å². The van der Waals surface area contributed by atoms with Gasteiger partial charge in [0, 0.05) is 17.6 Å². The van der Waals surface area contributed by atoms with Crippen LogP contribution in [0.1, 0.15) is 29.9 Å². The van der Waals surface area contributed by atoms with Gasteiger partial charge < -0.3 is 14.6 Å². The largest absolute Gasteiger partial charge is 0.490 e. The van der Waals surface area contributed by atoms with E-state index in [2.05, 4.69) is 4.98 Å². The van der Waals surface area contributed by atoms with Crippen molar-refractivity contribution in [3.05, 3.63) is 65.9 Å². The van der Waals surface area contributed by atoms with Gasteiger partial charge in [0.2, 0.25) is 0 Å². The second-order valence-electron chi connectivity index (χ2n) is 6.75. The number of carboxylic acid groups (broad SMARTS) is 1. The Kier molecular flexibility index (Phi) is 4.92. The Labute approximate surface area is 157 Å². The Bertz CT molecular complexity index is 969. The van der Waals surface area contributed by atoms with Gasteiger partial charge in [-0.05, 0) is 60.2 Å². The zero-order valence-electron chi connectivity index (χ0n) is 14.9. The van der Waals surface area contributed by atoms with Gasteiger partial charge in [-0.25, -0.2) is 0 Å². The molecule has 2 aromatic carbocycles. The Morgan fingerprint density at radius 1 is 1.07 bits per heavy atom. The molecule has 1 aliphatic carbocycles. The molecule has 0 amide bonds. The lowest BCUT2D eigenvalue weighted by Crippen LogP contribution is -2.09. The Hall–Kier alpha value is -3.08. The maximum atomic E-state index is 11.0. The summed E-state index contributed by atoms with van der Waals surface area (Å²) in [5.41, 5.74) is 3.25. The summed E-state index contributed by atoms with van der Waals surface area (Å²) in [6, 6.07) is 15.7. The van der Waals surface area contributed by atoms with E-state index in [-0.39, 0.29) is 12.3 Å². The van der Waals surface area contributed by atoms with Gasteiger partial charge in [0.15, 0.2) is 0 Å². The van der Waals surface area contributed by atoms with E-state index in [9.17, 15) is 4.79 Å². The number of nitrogens with zero attached hydrogens (tertiary/aromatic N) is 1. The highest BCUT2D eigenvalue weighted by molar-refractivity contribution is 5.79. The summed E-state index contributed by atoms with van der Waals surface area (Å²) >= 11 is 0. The minimum atomic E-state index is -0.741. The Balaban J connectivity index is 1.31. The van der Waals surface area contributed by atoms with Crippen LogP contribution in [-0.4, -0.2) is 29.3 Å². The molecule has 27 heavy (non-hydrogen) atoms. The molecule has 0 unspecified atom stereocenters. The molecule has 1 atom stereocenters. The molecule has 1 aliphatic rings. The van der Waals surface area contributed by atoms with Crippen molar-refractivity contribution >= 4 is 16.9 Å². The van der Waals surface area contributed by atoms with Gasteiger partial charge in [-0.15, -0.1) is 0 Å². The van der Waals surface area contributed by atoms with Crippen LogP contribution in [-0.2, 0) is 11.2 Å². The number of aromatic nitrogens is 1. The molecular formula is C22H21NO4. The zero-order chi connectivity index (χ0) is 18.6. The molecule has 1 aromatic heterocycles. The lowest BCUT2D eigenvalue weighted by molar-refractivity contribution is -0.137. The van der Waals surface area contributed by atoms with Gasteiger partial charge in [-0.2, -0.15) is 0 Å². The highest BCUT2D eigenvalue weighted by Gasteiger charge is 2.24. The SMILES string of the molecule is O=C(O)C[C@@H]1CCc2cc(OCCOc3ccc4cccnc4c3)ccc21. The van der Waals surface area contributed by atoms with Gasteiger partial charge >= 0.3 is 5.97 Å². The first-order valence-electron chi connectivity index (χ1n) is 9.14. The number of hydrogen-bond donors (Lipinski definition) is 1. The van der Waals surface area contributed by atoms with Crippen LogP contribution < -0.4 is 9.47 Å². The normalized spacial score (nSPS) is 15.5. The number of pyridine rings is 1. The Morgan fingerprint density at radius 3 is 2.67 bits per heavy atom. The third-order valence-corrected chi connectivity index (χ3v) is 4.94. The first-order valence-corrected chi connectivity index (χ1v) is 9.14. The van der Waals surface area contributed by atoms with E-state index in [1.807, 2.05) is 48.5 Å². The maximum Gasteiger partial charge on any atom is 0.303 e. The van der Waals surface area contributed by atoms with Crippen LogP contribution in [0.25, 0.3) is 10.9 Å². The summed E-state index contributed by atoms with van der Waals surface area (Å²) in [7, 11) is 0. The average Bonchev–Trinajstić information content (AvgIpc) is 3.06. The molecule has 0 fully saturated rings. The van der Waals surface area contributed by atoms with Gasteiger partial charge in [0.05, 0.1) is 11.9 Å². The van der Waals surface area contributed by atoms with Crippen LogP contribution in [0.4, 0.5) is 0 Å². The first kappa shape index (κ1) is 17.3. The second kappa shape index (κ2) is 7.66. The van der Waals surface area contributed by atoms with Crippen molar-refractivity contribution in [2.75, 3.05) is 13.2 Å². The number of aliphatic carboxylic acids is 1. The van der Waals surface area contributed by atoms with Crippen molar-refractivity contribution < 1.29 is 19.4 Å². The number of aryl methyl sites for hydroxylation is 1. The number of carbonyl (C=O) groups is 1. The van der Waals surface area contributed by atoms with Gasteiger partial charge in [-0.3, -0.25) is 9.78 Å². The number of benzene rings is 2. The minimum absolute atomic E-state index is 0.122. The Morgan fingerprint density at radius 2 is 1.85 bits per heavy atom. The van der Waals surface area contributed by atoms with Crippen molar-refractivity contribution in [2.45, 2.75) is 25.2 Å². The van der Waals surface area contributed by atoms with Crippen molar-refractivity contribution in [1.82, 2.24) is 4.98 Å². The number of rotatable bonds is 7. The fourth-order valence-electron chi connectivity index (χ4n) is 3.65. The molecule has 3 aromatic rings. The zero-order valence-corrected chi connectivity index (χ0v) is 14.9. The van der Waals surface area contributed by atoms with E-state index in [0.29, 0.717) is 13.2 Å². The molecular weight excluding hydrogens is 342 g/mol. The van der Waals surface area contributed by atoms with Crippen LogP contribution in [0.15, 0.2) is 54.7 Å². The topological polar surface area (TPSA) is 68.7 Å². The van der Waals surface area contributed by atoms with Gasteiger partial charge in [0.1, 0.15) is 24.7 Å². The molecule has 0 aliphatic heterocycles. The van der Waals surface area contributed by atoms with E-state index in [4.69, 9.17) is 14.6 Å². The maximum absolute atomic E-state index is 11.0. The fraction of sp³-hybridized carbons (Fsp3) is 0.273. The van der Waals surface area contributed by atoms with Crippen LogP contribution >= 0.6 is 0 Å². The summed E-state index contributed by atoms with van der Waals surface area (Å²) in [6.07, 6.45) is 3.76. The fourth-order valence-corrected chi connectivity index (χ4v) is 3.65. The van der Waals surface area contributed by atoms with E-state index < -0.39 is 5.97 Å². The number of ether oxygens (including phenoxy) is 2. The molecule has 5 heteroatoms. The number of fused-ring (bicyclic) bond motifs is 2. The molecule has 5 nitrogen and oxygen atoms in total. The van der Waals surface area contributed by atoms with Crippen LogP contribution in [0.2, 0.25) is 0 Å². The smallest absolute Gasteiger partial charge is 0.303 e. The summed E-state index contributed by atoms with van der Waals surface area (Å²) in [6.45, 7) is 0.884. The summed E-state index contributed by atoms with van der Waals surface area (Å²) in [5.74, 6) is 0.953. The molecule has 1 N–H and O–H groups in total. The quantitative estimate of drug-likeness (QED) is 0.637. The number of hydrogen-bond acceptors (Lipinski definition) is 4. The van der Waals surface area contributed by atoms with E-state index in [1.54, 1.807) is 6.20 Å². The van der Waals surface area contributed by atoms with E-state index >= 15 is 0 Å². The number of carboxylic acids is 1. The van der Waals surface area contributed by atoms with Crippen molar-refractivity contribution in [2.24, 2.45) is 0 Å². The van der Waals surface area contributed by atoms with E-state index in [1.165, 1.54) is 5.56 Å². The molecule has 0 saturated heterocycles. The molecule has 0 spiro atoms. The van der Waals surface area contributed by atoms with E-state index in [0.717, 1.165) is 40.8 Å². The average molecular weight is 363 g/mol. The predicted molar refractivity (Wildman–Crippen MR) is 102 cm³/mol. The molecule has 0 bridgehead atoms. The lowest BCUT2D eigenvalue weighted by Gasteiger charge is -2.11. The monoisotopic (exact) mass is 363 g/mol. The molecule has 0 saturated carbocycles. The summed E-state index contributed by atoms with van der Waals surface area (Å²) in [4.78, 5) is 15.3. The minimum Gasteiger partial charge on any atom is -0.490 e. The third-order valence-electron chi connectivity index (χ3n) is 4.94. The van der Waals surface area contributed by atoms with Crippen molar-refractivity contribution in [3.63, 3.8) is 0 Å². The van der Waals surface area contributed by atoms with Gasteiger partial charge in [0.25, 0.3) is 0 Å². The second-order valence-corrected chi connectivity index (χ2v) is 6.75. The molecule has 4 rings (SSSR count). The summed E-state index contributed by atoms with van der Waals surface area (Å²) in [5, 5.41) is 10.1. The van der Waals surface area contributed by atoms with Crippen LogP contribution in [0.5, 0.6) is 11.5 Å². The third kappa shape index (κ3) is 4.03. The summed E-state index contributed by atoms with van der Waals surface area (Å²) < 4.78 is 11.6. The van der Waals surface area contributed by atoms with Gasteiger partial charge in [-0.1, -0.05) is 12.1 Å².